The Balaban J connectivity index is 1.60. The second kappa shape index (κ2) is 10.1. The molecule has 0 aromatic heterocycles. The number of aryl methyl sites for hydroxylation is 2. The first-order chi connectivity index (χ1) is 16.8. The van der Waals surface area contributed by atoms with Crippen LogP contribution in [0.15, 0.2) is 78.0 Å². The number of allylic oxidation sites excluding steroid dienone is 2. The monoisotopic (exact) mass is 470 g/mol. The molecular formula is C28H30N4O3. The molecule has 0 fully saturated rings. The third-order valence-electron chi connectivity index (χ3n) is 6.38. The maximum absolute atomic E-state index is 14.1. The van der Waals surface area contributed by atoms with E-state index >= 15 is 0 Å². The van der Waals surface area contributed by atoms with Gasteiger partial charge in [0.1, 0.15) is 17.9 Å². The van der Waals surface area contributed by atoms with E-state index in [1.807, 2.05) is 55.5 Å². The fourth-order valence-electron chi connectivity index (χ4n) is 4.26. The Morgan fingerprint density at radius 1 is 1.06 bits per heavy atom. The van der Waals surface area contributed by atoms with Gasteiger partial charge in [-0.2, -0.15) is 4.99 Å². The normalized spacial score (nSPS) is 18.7. The fourth-order valence-corrected chi connectivity index (χ4v) is 4.26. The van der Waals surface area contributed by atoms with Crippen LogP contribution in [-0.2, 0) is 27.3 Å². The number of anilines is 1. The summed E-state index contributed by atoms with van der Waals surface area (Å²) in [6.07, 6.45) is 7.81. The lowest BCUT2D eigenvalue weighted by molar-refractivity contribution is -0.133. The Hall–Kier alpha value is -4.00. The minimum atomic E-state index is -1.21. The molecule has 3 amide bonds. The van der Waals surface area contributed by atoms with Crippen molar-refractivity contribution in [3.8, 4) is 0 Å². The van der Waals surface area contributed by atoms with Crippen molar-refractivity contribution in [2.75, 3.05) is 11.4 Å². The van der Waals surface area contributed by atoms with Gasteiger partial charge in [-0.05, 0) is 55.7 Å². The lowest BCUT2D eigenvalue weighted by Gasteiger charge is -2.44. The van der Waals surface area contributed by atoms with Crippen LogP contribution in [0.25, 0.3) is 0 Å². The second-order valence-electron chi connectivity index (χ2n) is 9.06. The van der Waals surface area contributed by atoms with Crippen LogP contribution in [0.1, 0.15) is 37.0 Å². The lowest BCUT2D eigenvalue weighted by atomic mass is 9.90. The van der Waals surface area contributed by atoms with Gasteiger partial charge >= 0.3 is 0 Å². The molecule has 2 aromatic rings. The van der Waals surface area contributed by atoms with E-state index in [1.54, 1.807) is 36.3 Å². The highest BCUT2D eigenvalue weighted by Crippen LogP contribution is 2.31. The fraction of sp³-hybridized carbons (Fsp3) is 0.286. The van der Waals surface area contributed by atoms with Gasteiger partial charge in [-0.25, -0.2) is 0 Å². The molecule has 7 nitrogen and oxygen atoms in total. The van der Waals surface area contributed by atoms with Gasteiger partial charge in [0.15, 0.2) is 0 Å². The van der Waals surface area contributed by atoms with Crippen molar-refractivity contribution in [1.82, 2.24) is 10.2 Å². The molecule has 0 radical (unpaired) electrons. The van der Waals surface area contributed by atoms with Crippen molar-refractivity contribution in [3.63, 3.8) is 0 Å². The number of rotatable bonds is 7. The second-order valence-corrected chi connectivity index (χ2v) is 9.06. The van der Waals surface area contributed by atoms with Gasteiger partial charge in [-0.15, -0.1) is 0 Å². The van der Waals surface area contributed by atoms with Crippen molar-refractivity contribution in [1.29, 1.82) is 0 Å². The molecule has 2 heterocycles. The average Bonchev–Trinajstić information content (AvgIpc) is 2.86. The van der Waals surface area contributed by atoms with E-state index in [2.05, 4.69) is 17.2 Å². The number of nitrogens with one attached hydrogen (secondary N) is 1. The Labute approximate surface area is 205 Å². The first kappa shape index (κ1) is 24.1. The SMILES string of the molecule is CCc1ccc(N(CC(=O)NCc2ccc(C)cc2)C(=O)[C@]2(C)CC(=O)N=C3C=CC=CN32)cc1. The quantitative estimate of drug-likeness (QED) is 0.669. The van der Waals surface area contributed by atoms with Gasteiger partial charge < -0.3 is 15.1 Å². The highest BCUT2D eigenvalue weighted by molar-refractivity contribution is 6.13. The summed E-state index contributed by atoms with van der Waals surface area (Å²) in [4.78, 5) is 46.8. The lowest BCUT2D eigenvalue weighted by Crippen LogP contribution is -2.61. The number of carbonyl (C=O) groups excluding carboxylic acids is 3. The number of fused-ring (bicyclic) bond motifs is 1. The number of benzene rings is 2. The summed E-state index contributed by atoms with van der Waals surface area (Å²) in [5.74, 6) is -0.568. The molecule has 4 rings (SSSR count). The van der Waals surface area contributed by atoms with Crippen LogP contribution < -0.4 is 10.2 Å². The van der Waals surface area contributed by atoms with Crippen molar-refractivity contribution >= 4 is 29.2 Å². The van der Waals surface area contributed by atoms with Crippen LogP contribution in [0.4, 0.5) is 5.69 Å². The summed E-state index contributed by atoms with van der Waals surface area (Å²) in [6, 6.07) is 15.5. The van der Waals surface area contributed by atoms with Gasteiger partial charge in [0.2, 0.25) is 5.91 Å². The zero-order valence-electron chi connectivity index (χ0n) is 20.3. The molecule has 1 atom stereocenters. The third kappa shape index (κ3) is 5.24. The van der Waals surface area contributed by atoms with Crippen LogP contribution >= 0.6 is 0 Å². The summed E-state index contributed by atoms with van der Waals surface area (Å²) in [7, 11) is 0. The molecule has 1 N–H and O–H groups in total. The van der Waals surface area contributed by atoms with Gasteiger partial charge in [0.25, 0.3) is 11.8 Å². The number of hydrogen-bond acceptors (Lipinski definition) is 4. The molecule has 0 unspecified atom stereocenters. The summed E-state index contributed by atoms with van der Waals surface area (Å²) < 4.78 is 0. The largest absolute Gasteiger partial charge is 0.350 e. The number of nitrogens with zero attached hydrogens (tertiary/aromatic N) is 3. The first-order valence-corrected chi connectivity index (χ1v) is 11.8. The zero-order valence-corrected chi connectivity index (χ0v) is 20.3. The Morgan fingerprint density at radius 3 is 2.43 bits per heavy atom. The molecule has 0 aliphatic carbocycles. The molecule has 2 aliphatic heterocycles. The topological polar surface area (TPSA) is 82.1 Å². The molecule has 0 saturated carbocycles. The summed E-state index contributed by atoms with van der Waals surface area (Å²) >= 11 is 0. The van der Waals surface area contributed by atoms with Crippen LogP contribution in [0.5, 0.6) is 0 Å². The van der Waals surface area contributed by atoms with E-state index < -0.39 is 5.54 Å². The maximum atomic E-state index is 14.1. The predicted octanol–water partition coefficient (Wildman–Crippen LogP) is 3.68. The zero-order chi connectivity index (χ0) is 25.0. The first-order valence-electron chi connectivity index (χ1n) is 11.8. The van der Waals surface area contributed by atoms with E-state index in [0.29, 0.717) is 18.1 Å². The summed E-state index contributed by atoms with van der Waals surface area (Å²) in [5, 5.41) is 2.91. The summed E-state index contributed by atoms with van der Waals surface area (Å²) in [6.45, 7) is 5.99. The van der Waals surface area contributed by atoms with E-state index in [0.717, 1.165) is 23.1 Å². The van der Waals surface area contributed by atoms with Gasteiger partial charge in [0.05, 0.1) is 6.42 Å². The Morgan fingerprint density at radius 2 is 1.74 bits per heavy atom. The van der Waals surface area contributed by atoms with E-state index in [1.165, 1.54) is 4.90 Å². The highest BCUT2D eigenvalue weighted by Gasteiger charge is 2.47. The highest BCUT2D eigenvalue weighted by atomic mass is 16.2. The summed E-state index contributed by atoms with van der Waals surface area (Å²) in [5.41, 5.74) is 2.64. The van der Waals surface area contributed by atoms with E-state index in [9.17, 15) is 14.4 Å². The molecule has 2 aliphatic rings. The smallest absolute Gasteiger partial charge is 0.254 e. The Kier molecular flexibility index (Phi) is 6.96. The van der Waals surface area contributed by atoms with Crippen LogP contribution in [0, 0.1) is 6.92 Å². The van der Waals surface area contributed by atoms with E-state index in [4.69, 9.17) is 0 Å². The van der Waals surface area contributed by atoms with Gasteiger partial charge in [0, 0.05) is 18.4 Å². The van der Waals surface area contributed by atoms with Crippen molar-refractivity contribution in [3.05, 3.63) is 89.6 Å². The van der Waals surface area contributed by atoms with Gasteiger partial charge in [-0.1, -0.05) is 55.0 Å². The number of aliphatic imine (C=N–C) groups is 1. The molecule has 35 heavy (non-hydrogen) atoms. The molecule has 180 valence electrons. The standard InChI is InChI=1S/C28H30N4O3/c1-4-21-12-14-23(15-13-21)31(19-26(34)29-18-22-10-8-20(2)9-11-22)27(35)28(3)17-25(33)30-24-7-5-6-16-32(24)28/h5-16H,4,17-19H2,1-3H3,(H,29,34)/t28-/m0/s1. The Bertz CT molecular complexity index is 1210. The molecule has 0 saturated heterocycles. The molecule has 2 aromatic carbocycles. The van der Waals surface area contributed by atoms with Gasteiger partial charge in [-0.3, -0.25) is 14.4 Å². The molecule has 0 bridgehead atoms. The van der Waals surface area contributed by atoms with E-state index in [-0.39, 0.29) is 30.7 Å². The number of amidine groups is 1. The average molecular weight is 471 g/mol. The number of carbonyl (C=O) groups is 3. The van der Waals surface area contributed by atoms with Crippen LogP contribution in [0.2, 0.25) is 0 Å². The minimum absolute atomic E-state index is 0.0813. The van der Waals surface area contributed by atoms with Crippen LogP contribution in [-0.4, -0.2) is 40.5 Å². The van der Waals surface area contributed by atoms with Crippen LogP contribution in [0.3, 0.4) is 0 Å². The minimum Gasteiger partial charge on any atom is -0.350 e. The van der Waals surface area contributed by atoms with Crippen molar-refractivity contribution < 1.29 is 14.4 Å². The predicted molar refractivity (Wildman–Crippen MR) is 137 cm³/mol. The third-order valence-corrected chi connectivity index (χ3v) is 6.38. The molecular weight excluding hydrogens is 440 g/mol. The van der Waals surface area contributed by atoms with Crippen molar-refractivity contribution in [2.24, 2.45) is 4.99 Å². The molecule has 7 heteroatoms. The maximum Gasteiger partial charge on any atom is 0.254 e. The van der Waals surface area contributed by atoms with Crippen molar-refractivity contribution in [2.45, 2.75) is 45.7 Å². The number of hydrogen-bond donors (Lipinski definition) is 1. The molecule has 0 spiro atoms. The number of amides is 3.